The second-order valence-corrected chi connectivity index (χ2v) is 5.35. The summed E-state index contributed by atoms with van der Waals surface area (Å²) in [6.45, 7) is 1.98. The van der Waals surface area contributed by atoms with E-state index in [4.69, 9.17) is 15.2 Å². The van der Waals surface area contributed by atoms with Crippen molar-refractivity contribution in [2.24, 2.45) is 5.73 Å². The van der Waals surface area contributed by atoms with E-state index in [2.05, 4.69) is 31.9 Å². The monoisotopic (exact) mass is 365 g/mol. The predicted molar refractivity (Wildman–Crippen MR) is 76.3 cm³/mol. The fourth-order valence-corrected chi connectivity index (χ4v) is 2.90. The molecule has 0 radical (unpaired) electrons. The first-order valence-corrected chi connectivity index (χ1v) is 7.07. The summed E-state index contributed by atoms with van der Waals surface area (Å²) in [7, 11) is 1.71. The van der Waals surface area contributed by atoms with E-state index in [0.717, 1.165) is 39.7 Å². The molecular formula is C12H17Br2NO2. The summed E-state index contributed by atoms with van der Waals surface area (Å²) in [4.78, 5) is 0. The van der Waals surface area contributed by atoms with Crippen LogP contribution in [0, 0.1) is 0 Å². The number of hydrogen-bond donors (Lipinski definition) is 1. The Morgan fingerprint density at radius 3 is 2.24 bits per heavy atom. The van der Waals surface area contributed by atoms with Crippen molar-refractivity contribution < 1.29 is 9.47 Å². The molecule has 0 unspecified atom stereocenters. The summed E-state index contributed by atoms with van der Waals surface area (Å²) in [5, 5.41) is 0. The number of ether oxygens (including phenoxy) is 2. The van der Waals surface area contributed by atoms with E-state index < -0.39 is 0 Å². The summed E-state index contributed by atoms with van der Waals surface area (Å²) in [5.41, 5.74) is 6.66. The van der Waals surface area contributed by atoms with Gasteiger partial charge in [-0.3, -0.25) is 0 Å². The molecule has 1 rings (SSSR count). The van der Waals surface area contributed by atoms with Crippen LogP contribution in [0.5, 0.6) is 5.75 Å². The van der Waals surface area contributed by atoms with Crippen molar-refractivity contribution in [2.75, 3.05) is 20.3 Å². The molecule has 0 amide bonds. The third-order valence-corrected chi connectivity index (χ3v) is 3.46. The molecule has 0 atom stereocenters. The Morgan fingerprint density at radius 2 is 1.71 bits per heavy atom. The van der Waals surface area contributed by atoms with Gasteiger partial charge in [-0.15, -0.1) is 0 Å². The molecule has 0 saturated heterocycles. The highest BCUT2D eigenvalue weighted by Crippen LogP contribution is 2.34. The minimum Gasteiger partial charge on any atom is -0.491 e. The number of hydrogen-bond acceptors (Lipinski definition) is 3. The lowest BCUT2D eigenvalue weighted by Gasteiger charge is -2.11. The standard InChI is InChI=1S/C12H17Br2NO2/c1-16-4-2-3-5-17-12-10(13)6-9(8-15)7-11(12)14/h6-7H,2-5,8,15H2,1H3. The molecule has 96 valence electrons. The Morgan fingerprint density at radius 1 is 1.12 bits per heavy atom. The van der Waals surface area contributed by atoms with Crippen LogP contribution in [0.1, 0.15) is 18.4 Å². The minimum atomic E-state index is 0.519. The van der Waals surface area contributed by atoms with Gasteiger partial charge in [0.05, 0.1) is 15.6 Å². The molecule has 0 aliphatic rings. The van der Waals surface area contributed by atoms with Crippen LogP contribution in [0.25, 0.3) is 0 Å². The van der Waals surface area contributed by atoms with E-state index in [1.807, 2.05) is 12.1 Å². The van der Waals surface area contributed by atoms with E-state index in [9.17, 15) is 0 Å². The highest BCUT2D eigenvalue weighted by atomic mass is 79.9. The number of nitrogens with two attached hydrogens (primary N) is 1. The van der Waals surface area contributed by atoms with E-state index in [-0.39, 0.29) is 0 Å². The van der Waals surface area contributed by atoms with Crippen molar-refractivity contribution in [3.05, 3.63) is 26.6 Å². The minimum absolute atomic E-state index is 0.519. The van der Waals surface area contributed by atoms with E-state index in [0.29, 0.717) is 13.2 Å². The van der Waals surface area contributed by atoms with Gasteiger partial charge in [0.15, 0.2) is 0 Å². The quantitative estimate of drug-likeness (QED) is 0.751. The zero-order valence-corrected chi connectivity index (χ0v) is 13.0. The van der Waals surface area contributed by atoms with Gasteiger partial charge in [-0.2, -0.15) is 0 Å². The van der Waals surface area contributed by atoms with Crippen LogP contribution in [-0.2, 0) is 11.3 Å². The fourth-order valence-electron chi connectivity index (χ4n) is 1.39. The van der Waals surface area contributed by atoms with E-state index in [1.54, 1.807) is 7.11 Å². The van der Waals surface area contributed by atoms with Crippen molar-refractivity contribution in [3.8, 4) is 5.75 Å². The molecular weight excluding hydrogens is 350 g/mol. The average molecular weight is 367 g/mol. The van der Waals surface area contributed by atoms with Crippen LogP contribution in [0.2, 0.25) is 0 Å². The van der Waals surface area contributed by atoms with Crippen molar-refractivity contribution in [1.82, 2.24) is 0 Å². The van der Waals surface area contributed by atoms with Gasteiger partial charge in [0.25, 0.3) is 0 Å². The van der Waals surface area contributed by atoms with Crippen molar-refractivity contribution >= 4 is 31.9 Å². The Bertz CT molecular complexity index is 335. The smallest absolute Gasteiger partial charge is 0.147 e. The second-order valence-electron chi connectivity index (χ2n) is 3.64. The van der Waals surface area contributed by atoms with Gasteiger partial charge in [-0.25, -0.2) is 0 Å². The van der Waals surface area contributed by atoms with Gasteiger partial charge >= 0.3 is 0 Å². The first-order chi connectivity index (χ1) is 8.19. The number of benzene rings is 1. The molecule has 0 aliphatic carbocycles. The normalized spacial score (nSPS) is 10.6. The SMILES string of the molecule is COCCCCOc1c(Br)cc(CN)cc1Br. The maximum Gasteiger partial charge on any atom is 0.147 e. The average Bonchev–Trinajstić information content (AvgIpc) is 2.31. The molecule has 0 heterocycles. The Hall–Kier alpha value is -0.100. The number of methoxy groups -OCH3 is 1. The van der Waals surface area contributed by atoms with Gasteiger partial charge < -0.3 is 15.2 Å². The predicted octanol–water partition coefficient (Wildman–Crippen LogP) is 3.48. The van der Waals surface area contributed by atoms with E-state index >= 15 is 0 Å². The van der Waals surface area contributed by atoms with Gasteiger partial charge in [0.2, 0.25) is 0 Å². The van der Waals surface area contributed by atoms with Crippen LogP contribution < -0.4 is 10.5 Å². The lowest BCUT2D eigenvalue weighted by Crippen LogP contribution is -2.02. The highest BCUT2D eigenvalue weighted by Gasteiger charge is 2.08. The number of unbranched alkanes of at least 4 members (excludes halogenated alkanes) is 1. The van der Waals surface area contributed by atoms with Crippen LogP contribution in [0.3, 0.4) is 0 Å². The first-order valence-electron chi connectivity index (χ1n) is 5.48. The van der Waals surface area contributed by atoms with Crippen molar-refractivity contribution in [2.45, 2.75) is 19.4 Å². The van der Waals surface area contributed by atoms with Crippen LogP contribution in [-0.4, -0.2) is 20.3 Å². The fraction of sp³-hybridized carbons (Fsp3) is 0.500. The third-order valence-electron chi connectivity index (χ3n) is 2.28. The molecule has 3 nitrogen and oxygen atoms in total. The number of rotatable bonds is 7. The Balaban J connectivity index is 2.53. The molecule has 0 saturated carbocycles. The molecule has 5 heteroatoms. The molecule has 0 aliphatic heterocycles. The molecule has 2 N–H and O–H groups in total. The summed E-state index contributed by atoms with van der Waals surface area (Å²) < 4.78 is 12.6. The van der Waals surface area contributed by atoms with Crippen molar-refractivity contribution in [1.29, 1.82) is 0 Å². The van der Waals surface area contributed by atoms with Gasteiger partial charge in [-0.1, -0.05) is 0 Å². The molecule has 1 aromatic carbocycles. The van der Waals surface area contributed by atoms with Gasteiger partial charge in [0, 0.05) is 20.3 Å². The van der Waals surface area contributed by atoms with Crippen LogP contribution >= 0.6 is 31.9 Å². The molecule has 0 spiro atoms. The molecule has 1 aromatic rings. The Kier molecular flexibility index (Phi) is 7.11. The highest BCUT2D eigenvalue weighted by molar-refractivity contribution is 9.11. The zero-order valence-electron chi connectivity index (χ0n) is 9.84. The maximum absolute atomic E-state index is 5.72. The lowest BCUT2D eigenvalue weighted by molar-refractivity contribution is 0.184. The molecule has 0 bridgehead atoms. The summed E-state index contributed by atoms with van der Waals surface area (Å²) in [5.74, 6) is 0.833. The van der Waals surface area contributed by atoms with E-state index in [1.165, 1.54) is 0 Å². The largest absolute Gasteiger partial charge is 0.491 e. The topological polar surface area (TPSA) is 44.5 Å². The molecule has 0 aromatic heterocycles. The van der Waals surface area contributed by atoms with Crippen LogP contribution in [0.15, 0.2) is 21.1 Å². The lowest BCUT2D eigenvalue weighted by atomic mass is 10.2. The first kappa shape index (κ1) is 15.0. The summed E-state index contributed by atoms with van der Waals surface area (Å²) >= 11 is 6.97. The zero-order chi connectivity index (χ0) is 12.7. The maximum atomic E-state index is 5.72. The van der Waals surface area contributed by atoms with Gasteiger partial charge in [0.1, 0.15) is 5.75 Å². The third kappa shape index (κ3) is 4.95. The second kappa shape index (κ2) is 8.08. The van der Waals surface area contributed by atoms with Gasteiger partial charge in [-0.05, 0) is 62.4 Å². The summed E-state index contributed by atoms with van der Waals surface area (Å²) in [6.07, 6.45) is 1.98. The molecule has 0 fully saturated rings. The number of halogens is 2. The Labute approximate surface area is 119 Å². The van der Waals surface area contributed by atoms with Crippen LogP contribution in [0.4, 0.5) is 0 Å². The summed E-state index contributed by atoms with van der Waals surface area (Å²) in [6, 6.07) is 3.96. The molecule has 17 heavy (non-hydrogen) atoms. The van der Waals surface area contributed by atoms with Crippen molar-refractivity contribution in [3.63, 3.8) is 0 Å².